The number of hydrogen-bond donors (Lipinski definition) is 1. The number of unbranched alkanes of at least 4 members (excludes halogenated alkanes) is 1. The lowest BCUT2D eigenvalue weighted by Crippen LogP contribution is -2.02. The van der Waals surface area contributed by atoms with Crippen LogP contribution in [0.2, 0.25) is 0 Å². The van der Waals surface area contributed by atoms with Crippen molar-refractivity contribution in [3.05, 3.63) is 48.6 Å². The number of aliphatic hydroxyl groups excluding tert-OH is 1. The molecule has 1 unspecified atom stereocenters. The average Bonchev–Trinajstić information content (AvgIpc) is 2.52. The second-order valence-electron chi connectivity index (χ2n) is 3.89. The van der Waals surface area contributed by atoms with Crippen LogP contribution in [0.3, 0.4) is 0 Å². The number of hydrogen-bond acceptors (Lipinski definition) is 1. The lowest BCUT2D eigenvalue weighted by atomic mass is 9.93. The standard InChI is InChI=1S/C14H20O/c1-13(9-5-4-8-12-15)14-10-6-2-3-7-11-14/h2-3,5-7,9-11,13-15H,4,8,12H2,1H3. The highest BCUT2D eigenvalue weighted by Gasteiger charge is 2.07. The van der Waals surface area contributed by atoms with E-state index in [1.54, 1.807) is 0 Å². The van der Waals surface area contributed by atoms with Gasteiger partial charge in [-0.2, -0.15) is 0 Å². The van der Waals surface area contributed by atoms with Gasteiger partial charge in [-0.1, -0.05) is 55.5 Å². The van der Waals surface area contributed by atoms with Gasteiger partial charge in [0.25, 0.3) is 0 Å². The van der Waals surface area contributed by atoms with E-state index in [4.69, 9.17) is 5.11 Å². The predicted octanol–water partition coefficient (Wildman–Crippen LogP) is 3.25. The van der Waals surface area contributed by atoms with Gasteiger partial charge in [0, 0.05) is 12.5 Å². The molecule has 0 saturated heterocycles. The van der Waals surface area contributed by atoms with Crippen molar-refractivity contribution in [3.63, 3.8) is 0 Å². The topological polar surface area (TPSA) is 20.2 Å². The van der Waals surface area contributed by atoms with Crippen LogP contribution in [0, 0.1) is 11.8 Å². The summed E-state index contributed by atoms with van der Waals surface area (Å²) in [7, 11) is 0. The van der Waals surface area contributed by atoms with Crippen LogP contribution >= 0.6 is 0 Å². The molecular formula is C14H20O. The van der Waals surface area contributed by atoms with Crippen molar-refractivity contribution in [2.75, 3.05) is 6.61 Å². The Labute approximate surface area is 92.5 Å². The molecule has 0 fully saturated rings. The summed E-state index contributed by atoms with van der Waals surface area (Å²) in [6.45, 7) is 2.51. The van der Waals surface area contributed by atoms with E-state index in [-0.39, 0.29) is 6.61 Å². The molecule has 1 aliphatic rings. The molecule has 0 amide bonds. The van der Waals surface area contributed by atoms with Gasteiger partial charge in [-0.25, -0.2) is 0 Å². The van der Waals surface area contributed by atoms with E-state index in [1.807, 2.05) is 0 Å². The van der Waals surface area contributed by atoms with Gasteiger partial charge < -0.3 is 5.11 Å². The van der Waals surface area contributed by atoms with Gasteiger partial charge in [-0.3, -0.25) is 0 Å². The van der Waals surface area contributed by atoms with Gasteiger partial charge in [0.15, 0.2) is 0 Å². The Morgan fingerprint density at radius 2 is 1.87 bits per heavy atom. The van der Waals surface area contributed by atoms with E-state index in [0.717, 1.165) is 12.8 Å². The summed E-state index contributed by atoms with van der Waals surface area (Å²) < 4.78 is 0. The first-order valence-electron chi connectivity index (χ1n) is 5.64. The van der Waals surface area contributed by atoms with E-state index in [0.29, 0.717) is 11.8 Å². The van der Waals surface area contributed by atoms with Crippen molar-refractivity contribution in [1.82, 2.24) is 0 Å². The van der Waals surface area contributed by atoms with Crippen LogP contribution in [0.4, 0.5) is 0 Å². The second kappa shape index (κ2) is 7.24. The second-order valence-corrected chi connectivity index (χ2v) is 3.89. The summed E-state index contributed by atoms with van der Waals surface area (Å²) in [6, 6.07) is 0. The third-order valence-electron chi connectivity index (χ3n) is 2.58. The fourth-order valence-electron chi connectivity index (χ4n) is 1.58. The molecule has 0 saturated carbocycles. The zero-order valence-electron chi connectivity index (χ0n) is 9.34. The summed E-state index contributed by atoms with van der Waals surface area (Å²) >= 11 is 0. The molecule has 1 rings (SSSR count). The number of rotatable bonds is 5. The van der Waals surface area contributed by atoms with Crippen molar-refractivity contribution in [1.29, 1.82) is 0 Å². The van der Waals surface area contributed by atoms with Crippen molar-refractivity contribution >= 4 is 0 Å². The molecule has 0 aromatic carbocycles. The quantitative estimate of drug-likeness (QED) is 0.538. The normalized spacial score (nSPS) is 18.5. The maximum absolute atomic E-state index is 8.65. The van der Waals surface area contributed by atoms with Crippen molar-refractivity contribution < 1.29 is 5.11 Å². The van der Waals surface area contributed by atoms with Crippen LogP contribution in [0.5, 0.6) is 0 Å². The van der Waals surface area contributed by atoms with Crippen LogP contribution in [0.25, 0.3) is 0 Å². The largest absolute Gasteiger partial charge is 0.396 e. The van der Waals surface area contributed by atoms with Crippen molar-refractivity contribution in [2.45, 2.75) is 19.8 Å². The average molecular weight is 204 g/mol. The molecule has 0 radical (unpaired) electrons. The SMILES string of the molecule is CC(C=CCCCO)C1C=CC=CC=C1. The molecule has 0 bridgehead atoms. The van der Waals surface area contributed by atoms with E-state index < -0.39 is 0 Å². The lowest BCUT2D eigenvalue weighted by Gasteiger charge is -2.12. The van der Waals surface area contributed by atoms with Crippen LogP contribution in [-0.2, 0) is 0 Å². The third kappa shape index (κ3) is 4.80. The Hall–Kier alpha value is -1.08. The minimum atomic E-state index is 0.284. The Balaban J connectivity index is 2.39. The van der Waals surface area contributed by atoms with Gasteiger partial charge in [0.1, 0.15) is 0 Å². The Morgan fingerprint density at radius 3 is 2.47 bits per heavy atom. The number of aliphatic hydroxyl groups is 1. The lowest BCUT2D eigenvalue weighted by molar-refractivity contribution is 0.289. The molecule has 1 nitrogen and oxygen atoms in total. The van der Waals surface area contributed by atoms with Gasteiger partial charge in [-0.05, 0) is 18.8 Å². The summed E-state index contributed by atoms with van der Waals surface area (Å²) in [6.07, 6.45) is 19.0. The van der Waals surface area contributed by atoms with Gasteiger partial charge in [0.2, 0.25) is 0 Å². The zero-order valence-corrected chi connectivity index (χ0v) is 9.34. The van der Waals surface area contributed by atoms with Gasteiger partial charge >= 0.3 is 0 Å². The van der Waals surface area contributed by atoms with Crippen LogP contribution in [-0.4, -0.2) is 11.7 Å². The fraction of sp³-hybridized carbons (Fsp3) is 0.429. The summed E-state index contributed by atoms with van der Waals surface area (Å²) in [5, 5.41) is 8.65. The van der Waals surface area contributed by atoms with E-state index >= 15 is 0 Å². The highest BCUT2D eigenvalue weighted by Crippen LogP contribution is 2.18. The van der Waals surface area contributed by atoms with Crippen LogP contribution < -0.4 is 0 Å². The highest BCUT2D eigenvalue weighted by molar-refractivity contribution is 5.21. The van der Waals surface area contributed by atoms with E-state index in [1.165, 1.54) is 0 Å². The molecule has 15 heavy (non-hydrogen) atoms. The highest BCUT2D eigenvalue weighted by atomic mass is 16.2. The molecule has 0 aromatic heterocycles. The first-order valence-corrected chi connectivity index (χ1v) is 5.64. The smallest absolute Gasteiger partial charge is 0.0433 e. The van der Waals surface area contributed by atoms with Crippen molar-refractivity contribution in [3.8, 4) is 0 Å². The molecule has 0 spiro atoms. The minimum Gasteiger partial charge on any atom is -0.396 e. The van der Waals surface area contributed by atoms with E-state index in [2.05, 4.69) is 55.5 Å². The van der Waals surface area contributed by atoms with Gasteiger partial charge in [-0.15, -0.1) is 0 Å². The molecule has 0 aliphatic heterocycles. The molecule has 1 heteroatoms. The molecule has 0 heterocycles. The summed E-state index contributed by atoms with van der Waals surface area (Å²) in [5.41, 5.74) is 0. The summed E-state index contributed by atoms with van der Waals surface area (Å²) in [4.78, 5) is 0. The zero-order chi connectivity index (χ0) is 10.9. The van der Waals surface area contributed by atoms with Crippen LogP contribution in [0.1, 0.15) is 19.8 Å². The minimum absolute atomic E-state index is 0.284. The Bertz CT molecular complexity index is 255. The molecular weight excluding hydrogens is 184 g/mol. The van der Waals surface area contributed by atoms with E-state index in [9.17, 15) is 0 Å². The summed E-state index contributed by atoms with van der Waals surface area (Å²) in [5.74, 6) is 1.02. The Kier molecular flexibility index (Phi) is 5.79. The molecule has 82 valence electrons. The first-order chi connectivity index (χ1) is 7.34. The monoisotopic (exact) mass is 204 g/mol. The molecule has 1 atom stereocenters. The fourth-order valence-corrected chi connectivity index (χ4v) is 1.58. The number of allylic oxidation sites excluding steroid dienone is 8. The maximum Gasteiger partial charge on any atom is 0.0433 e. The third-order valence-corrected chi connectivity index (χ3v) is 2.58. The Morgan fingerprint density at radius 1 is 1.20 bits per heavy atom. The molecule has 1 N–H and O–H groups in total. The predicted molar refractivity (Wildman–Crippen MR) is 65.5 cm³/mol. The molecule has 0 aromatic rings. The first kappa shape index (κ1) is 12.0. The molecule has 1 aliphatic carbocycles. The van der Waals surface area contributed by atoms with Gasteiger partial charge in [0.05, 0.1) is 0 Å². The maximum atomic E-state index is 8.65. The van der Waals surface area contributed by atoms with Crippen molar-refractivity contribution in [2.24, 2.45) is 11.8 Å². The van der Waals surface area contributed by atoms with Crippen LogP contribution in [0.15, 0.2) is 48.6 Å².